The maximum absolute atomic E-state index is 5.63. The highest BCUT2D eigenvalue weighted by molar-refractivity contribution is 5.85. The smallest absolute Gasteiger partial charge is 0.142 e. The molecule has 0 aromatic carbocycles. The molecule has 0 aliphatic carbocycles. The van der Waals surface area contributed by atoms with Crippen LogP contribution in [-0.4, -0.2) is 16.6 Å². The second-order valence-electron chi connectivity index (χ2n) is 3.46. The predicted octanol–water partition coefficient (Wildman–Crippen LogP) is 1.60. The number of nitrogens with two attached hydrogens (primary N) is 1. The third-order valence-electron chi connectivity index (χ3n) is 2.42. The monoisotopic (exact) mass is 229 g/mol. The van der Waals surface area contributed by atoms with Crippen LogP contribution < -0.4 is 5.73 Å². The Labute approximate surface area is 95.7 Å². The fourth-order valence-electron chi connectivity index (χ4n) is 1.67. The first-order valence-corrected chi connectivity index (χ1v) is 5.03. The molecule has 2 rings (SSSR count). The van der Waals surface area contributed by atoms with Gasteiger partial charge in [-0.3, -0.25) is 0 Å². The van der Waals surface area contributed by atoms with Crippen molar-refractivity contribution in [2.24, 2.45) is 5.73 Å². The van der Waals surface area contributed by atoms with E-state index in [1.54, 1.807) is 6.20 Å². The van der Waals surface area contributed by atoms with Crippen molar-refractivity contribution in [1.82, 2.24) is 9.97 Å². The van der Waals surface area contributed by atoms with Gasteiger partial charge in [0.15, 0.2) is 0 Å². The Hall–Kier alpha value is -0.710. The number of ether oxygens (including phenoxy) is 1. The summed E-state index contributed by atoms with van der Waals surface area (Å²) in [5, 5.41) is 0. The van der Waals surface area contributed by atoms with Crippen LogP contribution in [-0.2, 0) is 11.3 Å². The number of hydrogen-bond acceptors (Lipinski definition) is 4. The first kappa shape index (κ1) is 12.4. The van der Waals surface area contributed by atoms with Crippen LogP contribution in [0.25, 0.3) is 0 Å². The van der Waals surface area contributed by atoms with Crippen LogP contribution in [0.5, 0.6) is 0 Å². The molecular weight excluding hydrogens is 214 g/mol. The highest BCUT2D eigenvalue weighted by Gasteiger charge is 2.17. The van der Waals surface area contributed by atoms with Crippen LogP contribution in [0.4, 0.5) is 0 Å². The van der Waals surface area contributed by atoms with Crippen molar-refractivity contribution in [3.63, 3.8) is 0 Å². The van der Waals surface area contributed by atoms with Crippen LogP contribution in [0.1, 0.15) is 36.9 Å². The van der Waals surface area contributed by atoms with Gasteiger partial charge >= 0.3 is 0 Å². The van der Waals surface area contributed by atoms with E-state index >= 15 is 0 Å². The Balaban J connectivity index is 0.00000112. The molecule has 4 nitrogen and oxygen atoms in total. The highest BCUT2D eigenvalue weighted by atomic mass is 35.5. The molecule has 1 aromatic rings. The van der Waals surface area contributed by atoms with E-state index in [4.69, 9.17) is 10.5 Å². The largest absolute Gasteiger partial charge is 0.372 e. The van der Waals surface area contributed by atoms with E-state index in [0.717, 1.165) is 25.1 Å². The minimum Gasteiger partial charge on any atom is -0.372 e. The standard InChI is InChI=1S/C10H15N3O.ClH/c11-7-10-12-5-4-8(13-10)9-3-1-2-6-14-9;/h4-5,9H,1-3,6-7,11H2;1H. The topological polar surface area (TPSA) is 61.0 Å². The lowest BCUT2D eigenvalue weighted by Gasteiger charge is -2.21. The van der Waals surface area contributed by atoms with E-state index in [9.17, 15) is 0 Å². The molecule has 1 aliphatic rings. The lowest BCUT2D eigenvalue weighted by atomic mass is 10.1. The molecule has 0 saturated carbocycles. The Kier molecular flexibility index (Phi) is 4.94. The summed E-state index contributed by atoms with van der Waals surface area (Å²) in [6.07, 6.45) is 5.33. The Morgan fingerprint density at radius 3 is 3.00 bits per heavy atom. The van der Waals surface area contributed by atoms with Crippen LogP contribution in [0, 0.1) is 0 Å². The summed E-state index contributed by atoms with van der Waals surface area (Å²) in [5.74, 6) is 0.691. The van der Waals surface area contributed by atoms with Gasteiger partial charge in [0.2, 0.25) is 0 Å². The summed E-state index contributed by atoms with van der Waals surface area (Å²) in [5.41, 5.74) is 6.45. The third kappa shape index (κ3) is 3.12. The molecule has 1 aromatic heterocycles. The normalized spacial score (nSPS) is 20.7. The number of rotatable bonds is 2. The molecule has 2 N–H and O–H groups in total. The van der Waals surface area contributed by atoms with Crippen molar-refractivity contribution in [3.8, 4) is 0 Å². The van der Waals surface area contributed by atoms with Gasteiger partial charge in [0, 0.05) is 12.8 Å². The van der Waals surface area contributed by atoms with Crippen LogP contribution in [0.3, 0.4) is 0 Å². The van der Waals surface area contributed by atoms with Crippen LogP contribution in [0.2, 0.25) is 0 Å². The second kappa shape index (κ2) is 6.00. The number of halogens is 1. The molecule has 15 heavy (non-hydrogen) atoms. The average Bonchev–Trinajstić information content (AvgIpc) is 2.30. The molecule has 0 bridgehead atoms. The first-order chi connectivity index (χ1) is 6.90. The number of aromatic nitrogens is 2. The molecular formula is C10H16ClN3O. The molecule has 0 radical (unpaired) electrons. The van der Waals surface area contributed by atoms with Gasteiger partial charge in [-0.05, 0) is 25.3 Å². The molecule has 1 fully saturated rings. The van der Waals surface area contributed by atoms with Crippen molar-refractivity contribution < 1.29 is 4.74 Å². The van der Waals surface area contributed by atoms with Gasteiger partial charge in [-0.1, -0.05) is 0 Å². The summed E-state index contributed by atoms with van der Waals surface area (Å²) >= 11 is 0. The first-order valence-electron chi connectivity index (χ1n) is 5.03. The summed E-state index contributed by atoms with van der Waals surface area (Å²) < 4.78 is 5.63. The molecule has 0 amide bonds. The molecule has 2 heterocycles. The molecule has 5 heteroatoms. The number of hydrogen-bond donors (Lipinski definition) is 1. The summed E-state index contributed by atoms with van der Waals surface area (Å²) in [7, 11) is 0. The van der Waals surface area contributed by atoms with E-state index in [0.29, 0.717) is 12.4 Å². The van der Waals surface area contributed by atoms with Crippen molar-refractivity contribution >= 4 is 12.4 Å². The lowest BCUT2D eigenvalue weighted by Crippen LogP contribution is -2.14. The van der Waals surface area contributed by atoms with Gasteiger partial charge in [-0.25, -0.2) is 9.97 Å². The molecule has 1 saturated heterocycles. The lowest BCUT2D eigenvalue weighted by molar-refractivity contribution is 0.0121. The van der Waals surface area contributed by atoms with Crippen molar-refractivity contribution in [2.45, 2.75) is 31.9 Å². The van der Waals surface area contributed by atoms with E-state index < -0.39 is 0 Å². The highest BCUT2D eigenvalue weighted by Crippen LogP contribution is 2.25. The maximum Gasteiger partial charge on any atom is 0.142 e. The molecule has 1 atom stereocenters. The van der Waals surface area contributed by atoms with E-state index in [1.807, 2.05) is 6.07 Å². The molecule has 0 spiro atoms. The maximum atomic E-state index is 5.63. The predicted molar refractivity (Wildman–Crippen MR) is 59.7 cm³/mol. The fraction of sp³-hybridized carbons (Fsp3) is 0.600. The van der Waals surface area contributed by atoms with Crippen LogP contribution >= 0.6 is 12.4 Å². The van der Waals surface area contributed by atoms with Crippen molar-refractivity contribution in [3.05, 3.63) is 23.8 Å². The third-order valence-corrected chi connectivity index (χ3v) is 2.42. The molecule has 1 aliphatic heterocycles. The summed E-state index contributed by atoms with van der Waals surface area (Å²) in [6.45, 7) is 1.23. The summed E-state index contributed by atoms with van der Waals surface area (Å²) in [4.78, 5) is 8.41. The van der Waals surface area contributed by atoms with Gasteiger partial charge in [0.1, 0.15) is 5.82 Å². The Morgan fingerprint density at radius 2 is 2.33 bits per heavy atom. The van der Waals surface area contributed by atoms with Gasteiger partial charge in [-0.15, -0.1) is 12.4 Å². The van der Waals surface area contributed by atoms with Crippen molar-refractivity contribution in [1.29, 1.82) is 0 Å². The SMILES string of the molecule is Cl.NCc1nccc(C2CCCCO2)n1. The minimum atomic E-state index is 0. The van der Waals surface area contributed by atoms with E-state index in [-0.39, 0.29) is 18.5 Å². The zero-order valence-electron chi connectivity index (χ0n) is 8.56. The Bertz CT molecular complexity index is 302. The van der Waals surface area contributed by atoms with E-state index in [2.05, 4.69) is 9.97 Å². The van der Waals surface area contributed by atoms with Gasteiger partial charge in [-0.2, -0.15) is 0 Å². The quantitative estimate of drug-likeness (QED) is 0.837. The number of nitrogens with zero attached hydrogens (tertiary/aromatic N) is 2. The minimum absolute atomic E-state index is 0. The summed E-state index contributed by atoms with van der Waals surface area (Å²) in [6, 6.07) is 1.91. The molecule has 84 valence electrons. The van der Waals surface area contributed by atoms with Gasteiger partial charge in [0.25, 0.3) is 0 Å². The average molecular weight is 230 g/mol. The second-order valence-corrected chi connectivity index (χ2v) is 3.46. The molecule has 1 unspecified atom stereocenters. The van der Waals surface area contributed by atoms with Gasteiger partial charge in [0.05, 0.1) is 18.3 Å². The van der Waals surface area contributed by atoms with Crippen molar-refractivity contribution in [2.75, 3.05) is 6.61 Å². The van der Waals surface area contributed by atoms with Crippen LogP contribution in [0.15, 0.2) is 12.3 Å². The zero-order chi connectivity index (χ0) is 9.80. The zero-order valence-corrected chi connectivity index (χ0v) is 9.37. The van der Waals surface area contributed by atoms with Gasteiger partial charge < -0.3 is 10.5 Å². The van der Waals surface area contributed by atoms with E-state index in [1.165, 1.54) is 6.42 Å². The fourth-order valence-corrected chi connectivity index (χ4v) is 1.67. The Morgan fingerprint density at radius 1 is 1.47 bits per heavy atom.